The van der Waals surface area contributed by atoms with Crippen LogP contribution < -0.4 is 15.4 Å². The van der Waals surface area contributed by atoms with Gasteiger partial charge in [-0.15, -0.1) is 0 Å². The molecule has 0 unspecified atom stereocenters. The molecule has 0 aliphatic heterocycles. The number of ether oxygens (including phenoxy) is 1. The first kappa shape index (κ1) is 20.3. The summed E-state index contributed by atoms with van der Waals surface area (Å²) in [6.07, 6.45) is 4.00. The third kappa shape index (κ3) is 5.75. The van der Waals surface area contributed by atoms with E-state index in [-0.39, 0.29) is 23.7 Å². The van der Waals surface area contributed by atoms with Gasteiger partial charge in [0.05, 0.1) is 6.61 Å². The molecule has 5 nitrogen and oxygen atoms in total. The molecule has 1 fully saturated rings. The zero-order chi connectivity index (χ0) is 19.1. The van der Waals surface area contributed by atoms with Gasteiger partial charge < -0.3 is 15.4 Å². The van der Waals surface area contributed by atoms with Gasteiger partial charge in [-0.1, -0.05) is 20.8 Å². The third-order valence-electron chi connectivity index (χ3n) is 5.07. The molecule has 144 valence electrons. The smallest absolute Gasteiger partial charge is 0.247 e. The highest BCUT2D eigenvalue weighted by Crippen LogP contribution is 2.28. The van der Waals surface area contributed by atoms with Crippen molar-refractivity contribution < 1.29 is 14.3 Å². The Morgan fingerprint density at radius 3 is 2.27 bits per heavy atom. The maximum absolute atomic E-state index is 12.7. The number of nitrogens with one attached hydrogen (secondary N) is 2. The highest BCUT2D eigenvalue weighted by molar-refractivity contribution is 5.97. The van der Waals surface area contributed by atoms with Gasteiger partial charge in [0.1, 0.15) is 11.8 Å². The molecule has 0 spiro atoms. The van der Waals surface area contributed by atoms with Crippen LogP contribution in [-0.4, -0.2) is 24.5 Å². The summed E-state index contributed by atoms with van der Waals surface area (Å²) in [6, 6.07) is 6.74. The number of rotatable bonds is 7. The molecular weight excluding hydrogens is 328 g/mol. The van der Waals surface area contributed by atoms with Crippen molar-refractivity contribution in [2.24, 2.45) is 17.8 Å². The Bertz CT molecular complexity index is 590. The molecule has 1 atom stereocenters. The number of hydrogen-bond acceptors (Lipinski definition) is 3. The maximum atomic E-state index is 12.7. The fraction of sp³-hybridized carbons (Fsp3) is 0.619. The van der Waals surface area contributed by atoms with Crippen LogP contribution in [0, 0.1) is 17.8 Å². The average Bonchev–Trinajstić information content (AvgIpc) is 2.61. The maximum Gasteiger partial charge on any atom is 0.247 e. The summed E-state index contributed by atoms with van der Waals surface area (Å²) < 4.78 is 5.41. The lowest BCUT2D eigenvalue weighted by molar-refractivity contribution is -0.131. The Kier molecular flexibility index (Phi) is 7.49. The number of carbonyl (C=O) groups excluding carboxylic acids is 2. The first-order valence-corrected chi connectivity index (χ1v) is 9.74. The SMILES string of the molecule is CCOc1ccc(NC(=O)[C@H](NC(=O)C2CCC(C)CC2)C(C)C)cc1. The first-order valence-electron chi connectivity index (χ1n) is 9.74. The minimum Gasteiger partial charge on any atom is -0.494 e. The second-order valence-corrected chi connectivity index (χ2v) is 7.63. The van der Waals surface area contributed by atoms with Crippen LogP contribution >= 0.6 is 0 Å². The Hall–Kier alpha value is -2.04. The molecule has 0 saturated heterocycles. The summed E-state index contributed by atoms with van der Waals surface area (Å²) in [5, 5.41) is 5.88. The van der Waals surface area contributed by atoms with Crippen LogP contribution in [0.3, 0.4) is 0 Å². The van der Waals surface area contributed by atoms with Gasteiger partial charge in [0.2, 0.25) is 11.8 Å². The quantitative estimate of drug-likeness (QED) is 0.772. The van der Waals surface area contributed by atoms with Crippen LogP contribution in [-0.2, 0) is 9.59 Å². The molecule has 1 saturated carbocycles. The highest BCUT2D eigenvalue weighted by atomic mass is 16.5. The minimum absolute atomic E-state index is 0.0115. The zero-order valence-electron chi connectivity index (χ0n) is 16.4. The van der Waals surface area contributed by atoms with E-state index < -0.39 is 6.04 Å². The highest BCUT2D eigenvalue weighted by Gasteiger charge is 2.29. The van der Waals surface area contributed by atoms with Crippen LogP contribution in [0.15, 0.2) is 24.3 Å². The largest absolute Gasteiger partial charge is 0.494 e. The molecule has 26 heavy (non-hydrogen) atoms. The summed E-state index contributed by atoms with van der Waals surface area (Å²) in [5.41, 5.74) is 0.699. The number of benzene rings is 1. The molecule has 0 radical (unpaired) electrons. The number of carbonyl (C=O) groups is 2. The number of amides is 2. The molecule has 0 aromatic heterocycles. The van der Waals surface area contributed by atoms with Crippen LogP contribution in [0.25, 0.3) is 0 Å². The predicted octanol–water partition coefficient (Wildman–Crippen LogP) is 3.99. The van der Waals surface area contributed by atoms with Gasteiger partial charge in [-0.3, -0.25) is 9.59 Å². The summed E-state index contributed by atoms with van der Waals surface area (Å²) in [4.78, 5) is 25.3. The Balaban J connectivity index is 1.95. The molecule has 1 aliphatic rings. The van der Waals surface area contributed by atoms with Crippen molar-refractivity contribution in [3.63, 3.8) is 0 Å². The number of anilines is 1. The van der Waals surface area contributed by atoms with Crippen LogP contribution in [0.4, 0.5) is 5.69 Å². The van der Waals surface area contributed by atoms with Crippen LogP contribution in [0.5, 0.6) is 5.75 Å². The summed E-state index contributed by atoms with van der Waals surface area (Å²) in [6.45, 7) is 8.66. The molecule has 1 aromatic carbocycles. The van der Waals surface area contributed by atoms with Crippen molar-refractivity contribution in [3.05, 3.63) is 24.3 Å². The topological polar surface area (TPSA) is 67.4 Å². The Labute approximate surface area is 156 Å². The van der Waals surface area contributed by atoms with E-state index in [1.165, 1.54) is 0 Å². The van der Waals surface area contributed by atoms with Crippen LogP contribution in [0.1, 0.15) is 53.4 Å². The van der Waals surface area contributed by atoms with Gasteiger partial charge in [-0.25, -0.2) is 0 Å². The van der Waals surface area contributed by atoms with E-state index in [0.717, 1.165) is 31.4 Å². The van der Waals surface area contributed by atoms with E-state index in [9.17, 15) is 9.59 Å². The fourth-order valence-corrected chi connectivity index (χ4v) is 3.35. The molecule has 2 N–H and O–H groups in total. The lowest BCUT2D eigenvalue weighted by Crippen LogP contribution is -2.49. The standard InChI is InChI=1S/C21H32N2O3/c1-5-26-18-12-10-17(11-13-18)22-21(25)19(14(2)3)23-20(24)16-8-6-15(4)7-9-16/h10-16,19H,5-9H2,1-4H3,(H,22,25)(H,23,24)/t15?,16?,19-/m1/s1. The molecule has 1 aliphatic carbocycles. The van der Waals surface area contributed by atoms with Crippen molar-refractivity contribution in [2.75, 3.05) is 11.9 Å². The minimum atomic E-state index is -0.534. The molecule has 1 aromatic rings. The lowest BCUT2D eigenvalue weighted by Gasteiger charge is -2.28. The van der Waals surface area contributed by atoms with Crippen LogP contribution in [0.2, 0.25) is 0 Å². The van der Waals surface area contributed by atoms with Gasteiger partial charge in [0.15, 0.2) is 0 Å². The van der Waals surface area contributed by atoms with Crippen molar-refractivity contribution in [2.45, 2.75) is 59.4 Å². The third-order valence-corrected chi connectivity index (χ3v) is 5.07. The van der Waals surface area contributed by atoms with E-state index in [0.29, 0.717) is 18.2 Å². The monoisotopic (exact) mass is 360 g/mol. The average molecular weight is 360 g/mol. The molecule has 2 amide bonds. The second-order valence-electron chi connectivity index (χ2n) is 7.63. The van der Waals surface area contributed by atoms with Gasteiger partial charge >= 0.3 is 0 Å². The van der Waals surface area contributed by atoms with Crippen molar-refractivity contribution in [3.8, 4) is 5.75 Å². The Morgan fingerprint density at radius 1 is 1.12 bits per heavy atom. The summed E-state index contributed by atoms with van der Waals surface area (Å²) >= 11 is 0. The van der Waals surface area contributed by atoms with E-state index in [2.05, 4.69) is 17.6 Å². The normalized spacial score (nSPS) is 21.1. The zero-order valence-corrected chi connectivity index (χ0v) is 16.4. The van der Waals surface area contributed by atoms with Crippen molar-refractivity contribution in [1.82, 2.24) is 5.32 Å². The molecule has 5 heteroatoms. The molecule has 2 rings (SSSR count). The number of hydrogen-bond donors (Lipinski definition) is 2. The van der Waals surface area contributed by atoms with Gasteiger partial charge in [0, 0.05) is 11.6 Å². The van der Waals surface area contributed by atoms with E-state index in [1.54, 1.807) is 0 Å². The fourth-order valence-electron chi connectivity index (χ4n) is 3.35. The first-order chi connectivity index (χ1) is 12.4. The molecule has 0 heterocycles. The predicted molar refractivity (Wildman–Crippen MR) is 104 cm³/mol. The van der Waals surface area contributed by atoms with E-state index in [4.69, 9.17) is 4.74 Å². The van der Waals surface area contributed by atoms with E-state index >= 15 is 0 Å². The van der Waals surface area contributed by atoms with Gasteiger partial charge in [0.25, 0.3) is 0 Å². The summed E-state index contributed by atoms with van der Waals surface area (Å²) in [5.74, 6) is 1.35. The van der Waals surface area contributed by atoms with Crippen molar-refractivity contribution >= 4 is 17.5 Å². The van der Waals surface area contributed by atoms with Gasteiger partial charge in [-0.2, -0.15) is 0 Å². The van der Waals surface area contributed by atoms with Crippen molar-refractivity contribution in [1.29, 1.82) is 0 Å². The lowest BCUT2D eigenvalue weighted by atomic mass is 9.82. The Morgan fingerprint density at radius 2 is 1.73 bits per heavy atom. The van der Waals surface area contributed by atoms with Gasteiger partial charge in [-0.05, 0) is 68.7 Å². The molecular formula is C21H32N2O3. The second kappa shape index (κ2) is 9.60. The molecule has 0 bridgehead atoms. The summed E-state index contributed by atoms with van der Waals surface area (Å²) in [7, 11) is 0. The van der Waals surface area contributed by atoms with E-state index in [1.807, 2.05) is 45.0 Å².